The third kappa shape index (κ3) is 326. The fraction of sp³-hybridized carbons (Fsp3) is 0.333. The molecule has 0 fully saturated rings. The van der Waals surface area contributed by atoms with E-state index in [0.717, 1.165) is 0 Å². The van der Waals surface area contributed by atoms with E-state index in [1.807, 2.05) is 0 Å². The van der Waals surface area contributed by atoms with Gasteiger partial charge in [0.25, 0.3) is 10.1 Å². The first kappa shape index (κ1) is 32.1. The van der Waals surface area contributed by atoms with Crippen molar-refractivity contribution in [3.05, 3.63) is 11.5 Å². The quantitative estimate of drug-likeness (QED) is 0.191. The number of rotatable bonds is 1. The first-order chi connectivity index (χ1) is 8.26. The Morgan fingerprint density at radius 3 is 1.00 bits per heavy atom. The Morgan fingerprint density at radius 1 is 0.850 bits per heavy atom. The molecule has 0 unspecified atom stereocenters. The maximum absolute atomic E-state index is 10.1. The Morgan fingerprint density at radius 2 is 1.00 bits per heavy atom. The molecule has 0 rings (SSSR count). The van der Waals surface area contributed by atoms with Crippen LogP contribution in [0.2, 0.25) is 0 Å². The number of allylic oxidation sites excluding steroid dienone is 1. The fourth-order valence-electron chi connectivity index (χ4n) is 0.172. The van der Waals surface area contributed by atoms with Gasteiger partial charge in [0.1, 0.15) is 0 Å². The molecule has 0 aromatic carbocycles. The summed E-state index contributed by atoms with van der Waals surface area (Å²) in [6.07, 6.45) is 1.25. The van der Waals surface area contributed by atoms with Crippen LogP contribution in [0.3, 0.4) is 0 Å². The summed E-state index contributed by atoms with van der Waals surface area (Å²) in [5.74, 6) is 0. The molecule has 0 aromatic heterocycles. The molecule has 20 heavy (non-hydrogen) atoms. The molecule has 0 amide bonds. The van der Waals surface area contributed by atoms with E-state index in [-0.39, 0.29) is 18.9 Å². The summed E-state index contributed by atoms with van der Waals surface area (Å²) in [6, 6.07) is 0. The van der Waals surface area contributed by atoms with E-state index in [0.29, 0.717) is 5.41 Å². The Labute approximate surface area is 126 Å². The van der Waals surface area contributed by atoms with Crippen LogP contribution >= 0.6 is 0 Å². The molecular formula is C3H13B3F3LiO9S. The average molecular weight is 322 g/mol. The summed E-state index contributed by atoms with van der Waals surface area (Å²) in [5.41, 5.74) is 0. The predicted molar refractivity (Wildman–Crippen MR) is 67.4 cm³/mol. The van der Waals surface area contributed by atoms with Crippen LogP contribution in [0, 0.1) is 0 Å². The van der Waals surface area contributed by atoms with Crippen LogP contribution < -0.4 is 0 Å². The van der Waals surface area contributed by atoms with E-state index >= 15 is 0 Å². The van der Waals surface area contributed by atoms with Crippen molar-refractivity contribution in [3.63, 3.8) is 0 Å². The summed E-state index contributed by atoms with van der Waals surface area (Å²) in [5, 5.41) is 42.4. The molecule has 0 aromatic rings. The van der Waals surface area contributed by atoms with Gasteiger partial charge in [-0.1, -0.05) is 6.08 Å². The van der Waals surface area contributed by atoms with Crippen molar-refractivity contribution < 1.29 is 56.1 Å². The molecule has 0 bridgehead atoms. The molecule has 0 radical (unpaired) electrons. The first-order valence-electron chi connectivity index (χ1n) is 3.87. The van der Waals surface area contributed by atoms with E-state index < -0.39 is 32.3 Å². The van der Waals surface area contributed by atoms with E-state index in [2.05, 4.69) is 0 Å². The molecule has 7 N–H and O–H groups in total. The molecule has 116 valence electrons. The van der Waals surface area contributed by atoms with E-state index in [9.17, 15) is 21.4 Å². The molecule has 0 aliphatic rings. The van der Waals surface area contributed by atoms with Gasteiger partial charge < -0.3 is 30.1 Å². The van der Waals surface area contributed by atoms with Crippen molar-refractivity contribution in [2.75, 3.05) is 0 Å². The van der Waals surface area contributed by atoms with Crippen molar-refractivity contribution in [3.8, 4) is 0 Å². The molecule has 0 atom stereocenters. The normalized spacial score (nSPS) is 8.55. The van der Waals surface area contributed by atoms with E-state index in [1.165, 1.54) is 13.0 Å². The molecule has 17 heteroatoms. The third-order valence-corrected chi connectivity index (χ3v) is 0.924. The van der Waals surface area contributed by atoms with Gasteiger partial charge in [-0.05, 0) is 6.92 Å². The summed E-state index contributed by atoms with van der Waals surface area (Å²) >= 11 is 0. The van der Waals surface area contributed by atoms with Crippen LogP contribution in [0.25, 0.3) is 0 Å². The summed E-state index contributed by atoms with van der Waals surface area (Å²) in [6.45, 7) is 1.51. The molecule has 0 saturated heterocycles. The van der Waals surface area contributed by atoms with Gasteiger partial charge >= 0.3 is 41.0 Å². The summed E-state index contributed by atoms with van der Waals surface area (Å²) in [7, 11) is -11.9. The molecule has 9 nitrogen and oxygen atoms in total. The Bertz CT molecular complexity index is 267. The molecule has 0 saturated carbocycles. The van der Waals surface area contributed by atoms with Gasteiger partial charge in [0.15, 0.2) is 0 Å². The number of hydrogen-bond donors (Lipinski definition) is 7. The van der Waals surface area contributed by atoms with E-state index in [4.69, 9.17) is 34.7 Å². The van der Waals surface area contributed by atoms with Crippen LogP contribution in [-0.4, -0.2) is 84.2 Å². The zero-order chi connectivity index (χ0) is 16.6. The molecule has 0 spiro atoms. The standard InChI is InChI=1S/C3H6O3S.3BFH2O2.Li.H/c1-2-3-7(4,5)6;3*2-1(3)4;;/h2-3H,1H3,(H,4,5,6);3*3-4H;;/b3-2-;;;;;. The van der Waals surface area contributed by atoms with Gasteiger partial charge in [-0.15, -0.1) is 0 Å². The van der Waals surface area contributed by atoms with Crippen molar-refractivity contribution in [2.45, 2.75) is 6.92 Å². The second kappa shape index (κ2) is 21.3. The minimum absolute atomic E-state index is 0. The molecule has 0 aliphatic heterocycles. The molecular weight excluding hydrogens is 308 g/mol. The Kier molecular flexibility index (Phi) is 34.2. The van der Waals surface area contributed by atoms with Crippen LogP contribution in [0.5, 0.6) is 0 Å². The van der Waals surface area contributed by atoms with Gasteiger partial charge in [0.05, 0.1) is 5.41 Å². The van der Waals surface area contributed by atoms with Gasteiger partial charge in [-0.25, -0.2) is 0 Å². The summed E-state index contributed by atoms with van der Waals surface area (Å²) in [4.78, 5) is 0. The molecule has 0 aliphatic carbocycles. The van der Waals surface area contributed by atoms with E-state index in [1.54, 1.807) is 0 Å². The second-order valence-corrected chi connectivity index (χ2v) is 3.22. The van der Waals surface area contributed by atoms with Crippen molar-refractivity contribution in [1.82, 2.24) is 0 Å². The van der Waals surface area contributed by atoms with Crippen LogP contribution in [0.4, 0.5) is 12.9 Å². The fourth-order valence-corrected chi connectivity index (χ4v) is 0.516. The average Bonchev–Trinajstić information content (AvgIpc) is 1.96. The zero-order valence-corrected chi connectivity index (χ0v) is 10.2. The van der Waals surface area contributed by atoms with Crippen molar-refractivity contribution in [2.24, 2.45) is 0 Å². The Hall–Kier alpha value is -0.00779. The zero-order valence-electron chi connectivity index (χ0n) is 9.38. The van der Waals surface area contributed by atoms with Gasteiger partial charge in [0.2, 0.25) is 0 Å². The SMILES string of the molecule is C/C=C\S(=O)(=O)O.OB(O)F.OB(O)F.OB(O)F.[LiH]. The topological polar surface area (TPSA) is 176 Å². The van der Waals surface area contributed by atoms with Gasteiger partial charge in [-0.2, -0.15) is 8.42 Å². The number of hydrogen-bond acceptors (Lipinski definition) is 8. The number of halogens is 3. The van der Waals surface area contributed by atoms with Crippen LogP contribution in [-0.2, 0) is 10.1 Å². The van der Waals surface area contributed by atoms with Gasteiger partial charge in [-0.3, -0.25) is 17.5 Å². The van der Waals surface area contributed by atoms with Crippen molar-refractivity contribution >= 4 is 51.2 Å². The molecule has 0 heterocycles. The summed E-state index contributed by atoms with van der Waals surface area (Å²) < 4.78 is 57.6. The Balaban J connectivity index is -0.0000000512. The first-order valence-corrected chi connectivity index (χ1v) is 5.37. The minimum atomic E-state index is -3.85. The monoisotopic (exact) mass is 322 g/mol. The second-order valence-electron chi connectivity index (χ2n) is 1.92. The third-order valence-electron chi connectivity index (χ3n) is 0.308. The van der Waals surface area contributed by atoms with Crippen LogP contribution in [0.15, 0.2) is 11.5 Å². The van der Waals surface area contributed by atoms with Gasteiger partial charge in [0, 0.05) is 0 Å². The van der Waals surface area contributed by atoms with Crippen LogP contribution in [0.1, 0.15) is 6.92 Å². The maximum atomic E-state index is 10.1. The predicted octanol–water partition coefficient (Wildman–Crippen LogP) is -3.46. The van der Waals surface area contributed by atoms with Crippen molar-refractivity contribution in [1.29, 1.82) is 0 Å².